The van der Waals surface area contributed by atoms with Gasteiger partial charge in [0.15, 0.2) is 0 Å². The number of ketones is 1. The Hall–Kier alpha value is -2.59. The minimum atomic E-state index is -0.147. The molecule has 0 fully saturated rings. The van der Waals surface area contributed by atoms with Crippen molar-refractivity contribution >= 4 is 11.4 Å². The number of rotatable bonds is 3. The summed E-state index contributed by atoms with van der Waals surface area (Å²) in [6.45, 7) is 5.98. The maximum atomic E-state index is 11.9. The molecule has 2 rings (SSSR count). The molecular weight excluding hydrogens is 244 g/mol. The number of carbonyl (C=O) groups is 1. The van der Waals surface area contributed by atoms with E-state index in [2.05, 4.69) is 18.4 Å². The first kappa shape index (κ1) is 13.8. The highest BCUT2D eigenvalue weighted by atomic mass is 16.1. The zero-order valence-corrected chi connectivity index (χ0v) is 11.5. The summed E-state index contributed by atoms with van der Waals surface area (Å²) in [6.07, 6.45) is 0.502. The number of hydrogen-bond donors (Lipinski definition) is 0. The molecule has 0 aliphatic heterocycles. The van der Waals surface area contributed by atoms with E-state index in [-0.39, 0.29) is 5.78 Å². The molecule has 0 bridgehead atoms. The van der Waals surface area contributed by atoms with Gasteiger partial charge in [-0.05, 0) is 24.0 Å². The van der Waals surface area contributed by atoms with Crippen LogP contribution in [0.5, 0.6) is 0 Å². The summed E-state index contributed by atoms with van der Waals surface area (Å²) >= 11 is 0. The predicted octanol–water partition coefficient (Wildman–Crippen LogP) is 4.28. The van der Waals surface area contributed by atoms with E-state index in [1.807, 2.05) is 49.4 Å². The Bertz CT molecular complexity index is 667. The fourth-order valence-corrected chi connectivity index (χ4v) is 1.78. The molecule has 1 heteroatoms. The Morgan fingerprint density at radius 2 is 1.65 bits per heavy atom. The van der Waals surface area contributed by atoms with Crippen LogP contribution in [0.15, 0.2) is 61.2 Å². The molecule has 0 heterocycles. The Balaban J connectivity index is 1.99. The van der Waals surface area contributed by atoms with E-state index in [9.17, 15) is 4.79 Å². The SMILES string of the molecule is C=C(CC#CC(=O)c1ccc(C)cc1)c1ccccc1. The molecule has 2 aromatic carbocycles. The molecule has 0 aromatic heterocycles. The smallest absolute Gasteiger partial charge is 0.235 e. The first-order valence-corrected chi connectivity index (χ1v) is 6.50. The lowest BCUT2D eigenvalue weighted by Gasteiger charge is -2.00. The molecule has 0 amide bonds. The van der Waals surface area contributed by atoms with Gasteiger partial charge in [0.1, 0.15) is 0 Å². The Kier molecular flexibility index (Phi) is 4.52. The van der Waals surface area contributed by atoms with Crippen LogP contribution in [0, 0.1) is 18.8 Å². The molecule has 0 radical (unpaired) electrons. The van der Waals surface area contributed by atoms with E-state index < -0.39 is 0 Å². The molecule has 0 aliphatic carbocycles. The van der Waals surface area contributed by atoms with Gasteiger partial charge in [-0.15, -0.1) is 0 Å². The molecule has 2 aromatic rings. The van der Waals surface area contributed by atoms with Gasteiger partial charge < -0.3 is 0 Å². The summed E-state index contributed by atoms with van der Waals surface area (Å²) in [7, 11) is 0. The van der Waals surface area contributed by atoms with Crippen molar-refractivity contribution in [2.45, 2.75) is 13.3 Å². The number of carbonyl (C=O) groups excluding carboxylic acids is 1. The van der Waals surface area contributed by atoms with Crippen LogP contribution >= 0.6 is 0 Å². The molecule has 0 spiro atoms. The van der Waals surface area contributed by atoms with Crippen molar-refractivity contribution < 1.29 is 4.79 Å². The van der Waals surface area contributed by atoms with Gasteiger partial charge in [0.2, 0.25) is 5.78 Å². The van der Waals surface area contributed by atoms with Gasteiger partial charge in [-0.25, -0.2) is 0 Å². The van der Waals surface area contributed by atoms with E-state index in [0.29, 0.717) is 12.0 Å². The second-order valence-corrected chi connectivity index (χ2v) is 4.64. The average molecular weight is 260 g/mol. The molecule has 20 heavy (non-hydrogen) atoms. The Labute approximate surface area is 120 Å². The summed E-state index contributed by atoms with van der Waals surface area (Å²) in [6, 6.07) is 17.3. The van der Waals surface area contributed by atoms with Crippen LogP contribution in [0.4, 0.5) is 0 Å². The normalized spacial score (nSPS) is 9.45. The van der Waals surface area contributed by atoms with E-state index in [1.54, 1.807) is 12.1 Å². The van der Waals surface area contributed by atoms with Gasteiger partial charge in [-0.3, -0.25) is 4.79 Å². The molecular formula is C19H16O. The first-order chi connectivity index (χ1) is 9.66. The second kappa shape index (κ2) is 6.54. The predicted molar refractivity (Wildman–Crippen MR) is 83.4 cm³/mol. The van der Waals surface area contributed by atoms with Gasteiger partial charge in [-0.1, -0.05) is 72.7 Å². The minimum Gasteiger partial charge on any atom is -0.279 e. The molecule has 0 unspecified atom stereocenters. The number of hydrogen-bond acceptors (Lipinski definition) is 1. The van der Waals surface area contributed by atoms with Crippen molar-refractivity contribution in [1.82, 2.24) is 0 Å². The van der Waals surface area contributed by atoms with Gasteiger partial charge >= 0.3 is 0 Å². The standard InChI is InChI=1S/C19H16O/c1-15-11-13-18(14-12-15)19(20)10-6-7-16(2)17-8-4-3-5-9-17/h3-5,8-9,11-14H,2,7H2,1H3. The average Bonchev–Trinajstić information content (AvgIpc) is 2.48. The summed E-state index contributed by atoms with van der Waals surface area (Å²) in [5, 5.41) is 0. The molecule has 0 saturated carbocycles. The summed E-state index contributed by atoms with van der Waals surface area (Å²) < 4.78 is 0. The third kappa shape index (κ3) is 3.70. The third-order valence-corrected chi connectivity index (χ3v) is 3.00. The largest absolute Gasteiger partial charge is 0.279 e. The van der Waals surface area contributed by atoms with Gasteiger partial charge in [0.25, 0.3) is 0 Å². The summed E-state index contributed by atoms with van der Waals surface area (Å²) in [5.41, 5.74) is 3.75. The van der Waals surface area contributed by atoms with E-state index in [0.717, 1.165) is 16.7 Å². The van der Waals surface area contributed by atoms with Crippen LogP contribution in [-0.2, 0) is 0 Å². The maximum Gasteiger partial charge on any atom is 0.235 e. The topological polar surface area (TPSA) is 17.1 Å². The van der Waals surface area contributed by atoms with E-state index in [4.69, 9.17) is 0 Å². The highest BCUT2D eigenvalue weighted by Crippen LogP contribution is 2.14. The fourth-order valence-electron chi connectivity index (χ4n) is 1.78. The molecule has 1 nitrogen and oxygen atoms in total. The number of Topliss-reactive ketones (excluding diaryl/α,β-unsaturated/α-hetero) is 1. The number of allylic oxidation sites excluding steroid dienone is 1. The lowest BCUT2D eigenvalue weighted by Crippen LogP contribution is -1.94. The number of benzene rings is 2. The van der Waals surface area contributed by atoms with Crippen LogP contribution in [0.3, 0.4) is 0 Å². The van der Waals surface area contributed by atoms with Crippen LogP contribution in [0.25, 0.3) is 5.57 Å². The van der Waals surface area contributed by atoms with Crippen molar-refractivity contribution in [2.75, 3.05) is 0 Å². The molecule has 98 valence electrons. The zero-order valence-electron chi connectivity index (χ0n) is 11.5. The van der Waals surface area contributed by atoms with Gasteiger partial charge in [0, 0.05) is 12.0 Å². The minimum absolute atomic E-state index is 0.147. The molecule has 0 saturated heterocycles. The van der Waals surface area contributed by atoms with E-state index in [1.165, 1.54) is 0 Å². The van der Waals surface area contributed by atoms with Crippen molar-refractivity contribution in [2.24, 2.45) is 0 Å². The first-order valence-electron chi connectivity index (χ1n) is 6.50. The summed E-state index contributed by atoms with van der Waals surface area (Å²) in [5.74, 6) is 5.42. The van der Waals surface area contributed by atoms with Crippen LogP contribution in [-0.4, -0.2) is 5.78 Å². The monoisotopic (exact) mass is 260 g/mol. The maximum absolute atomic E-state index is 11.9. The number of aryl methyl sites for hydroxylation is 1. The van der Waals surface area contributed by atoms with Crippen molar-refractivity contribution in [3.8, 4) is 11.8 Å². The lowest BCUT2D eigenvalue weighted by molar-refractivity contribution is 0.105. The van der Waals surface area contributed by atoms with Gasteiger partial charge in [0.05, 0.1) is 0 Å². The highest BCUT2D eigenvalue weighted by Gasteiger charge is 2.00. The molecule has 0 aliphatic rings. The van der Waals surface area contributed by atoms with Crippen LogP contribution < -0.4 is 0 Å². The third-order valence-electron chi connectivity index (χ3n) is 3.00. The van der Waals surface area contributed by atoms with Crippen LogP contribution in [0.2, 0.25) is 0 Å². The highest BCUT2D eigenvalue weighted by molar-refractivity contribution is 6.09. The Morgan fingerprint density at radius 1 is 1.00 bits per heavy atom. The van der Waals surface area contributed by atoms with Crippen molar-refractivity contribution in [3.05, 3.63) is 77.9 Å². The Morgan fingerprint density at radius 3 is 2.30 bits per heavy atom. The van der Waals surface area contributed by atoms with Crippen molar-refractivity contribution in [1.29, 1.82) is 0 Å². The fraction of sp³-hybridized carbons (Fsp3) is 0.105. The molecule has 0 N–H and O–H groups in total. The quantitative estimate of drug-likeness (QED) is 0.457. The van der Waals surface area contributed by atoms with E-state index >= 15 is 0 Å². The second-order valence-electron chi connectivity index (χ2n) is 4.64. The summed E-state index contributed by atoms with van der Waals surface area (Å²) in [4.78, 5) is 11.9. The zero-order chi connectivity index (χ0) is 14.4. The molecule has 0 atom stereocenters. The van der Waals surface area contributed by atoms with Crippen molar-refractivity contribution in [3.63, 3.8) is 0 Å². The van der Waals surface area contributed by atoms with Crippen LogP contribution in [0.1, 0.15) is 27.9 Å². The lowest BCUT2D eigenvalue weighted by atomic mass is 10.0. The van der Waals surface area contributed by atoms with Gasteiger partial charge in [-0.2, -0.15) is 0 Å².